The molecule has 18 nitrogen and oxygen atoms in total. The summed E-state index contributed by atoms with van der Waals surface area (Å²) in [5, 5.41) is 40.1. The highest BCUT2D eigenvalue weighted by atomic mass is 19.2. The van der Waals surface area contributed by atoms with Crippen LogP contribution in [-0.2, 0) is 28.5 Å². The molecule has 0 unspecified atom stereocenters. The molecule has 0 aliphatic carbocycles. The van der Waals surface area contributed by atoms with E-state index in [-0.39, 0.29) is 51.0 Å². The zero-order valence-corrected chi connectivity index (χ0v) is 40.0. The second kappa shape index (κ2) is 21.4. The summed E-state index contributed by atoms with van der Waals surface area (Å²) in [7, 11) is 1.35. The van der Waals surface area contributed by atoms with Crippen molar-refractivity contribution in [1.29, 1.82) is 0 Å². The smallest absolute Gasteiger partial charge is 0.476 e. The largest absolute Gasteiger partial charge is 0.505 e. The molecule has 7 rings (SSSR count). The fourth-order valence-corrected chi connectivity index (χ4v) is 8.79. The zero-order chi connectivity index (χ0) is 49.9. The van der Waals surface area contributed by atoms with Gasteiger partial charge in [0, 0.05) is 93.0 Å². The van der Waals surface area contributed by atoms with Crippen LogP contribution in [0.3, 0.4) is 0 Å². The molecule has 3 aromatic carbocycles. The number of alkyl halides is 1. The van der Waals surface area contributed by atoms with E-state index in [1.807, 2.05) is 0 Å². The molecule has 5 N–H and O–H groups in total. The van der Waals surface area contributed by atoms with E-state index in [2.05, 4.69) is 15.5 Å². The Balaban J connectivity index is 1.31. The van der Waals surface area contributed by atoms with Crippen LogP contribution in [0.5, 0.6) is 17.2 Å². The zero-order valence-electron chi connectivity index (χ0n) is 40.0. The third-order valence-corrected chi connectivity index (χ3v) is 13.1. The normalized spacial score (nSPS) is 28.5. The van der Waals surface area contributed by atoms with E-state index in [9.17, 15) is 34.5 Å². The number of nitrogens with one attached hydrogen (secondary N) is 2. The molecule has 19 heteroatoms. The number of carbonyl (C=O) groups is 3. The first-order valence-corrected chi connectivity index (χ1v) is 23.1. The predicted molar refractivity (Wildman–Crippen MR) is 253 cm³/mol. The average molecular weight is 961 g/mol. The van der Waals surface area contributed by atoms with Crippen LogP contribution in [0.2, 0.25) is 0 Å². The first kappa shape index (κ1) is 50.9. The Morgan fingerprint density at radius 1 is 1.00 bits per heavy atom. The second-order valence-electron chi connectivity index (χ2n) is 18.0. The minimum absolute atomic E-state index is 0.118. The Morgan fingerprint density at radius 3 is 2.45 bits per heavy atom. The molecule has 3 aliphatic heterocycles. The molecule has 69 heavy (non-hydrogen) atoms. The molecule has 1 saturated heterocycles. The number of phenolic OH excluding ortho intramolecular Hbond substituents is 1. The number of hydrogen-bond donors (Lipinski definition) is 5. The Hall–Kier alpha value is -5.96. The van der Waals surface area contributed by atoms with E-state index in [1.165, 1.54) is 40.0 Å². The van der Waals surface area contributed by atoms with E-state index in [0.717, 1.165) is 25.9 Å². The lowest BCUT2D eigenvalue weighted by Gasteiger charge is -2.38. The number of allylic oxidation sites excluding steroid dienone is 2. The number of Topliss-reactive ketones (excluding diaryl/α,β-unsaturated/α-hetero) is 1. The van der Waals surface area contributed by atoms with Gasteiger partial charge >= 0.3 is 12.0 Å². The van der Waals surface area contributed by atoms with Gasteiger partial charge in [0.15, 0.2) is 22.3 Å². The van der Waals surface area contributed by atoms with Crippen molar-refractivity contribution in [3.8, 4) is 17.2 Å². The fraction of sp³-hybridized carbons (Fsp3) is 0.500. The highest BCUT2D eigenvalue weighted by Crippen LogP contribution is 2.49. The van der Waals surface area contributed by atoms with Crippen LogP contribution in [-0.4, -0.2) is 133 Å². The number of benzene rings is 3. The van der Waals surface area contributed by atoms with Crippen LogP contribution in [0.25, 0.3) is 33.0 Å². The quantitative estimate of drug-likeness (QED) is 0.0306. The SMILES string of the molecule is CO[C@H]1/C=C/O[C@@]2(F)Oc3c(C)c(=O)c4c(O)c(c5oc6cc(OCCNCCOCCN7CC7)ccc6nc5c4c3C2=O)NC(=O)/C(C)=C\C=C\[C@H](C)[C@H](O)[C@@H](C)[C@@H](O)[C@@H](C)[C@H](OC(C)=O)[C@@H]1C. The van der Waals surface area contributed by atoms with Crippen molar-refractivity contribution in [2.75, 3.05) is 65.0 Å². The number of aliphatic hydroxyl groups is 2. The fourth-order valence-electron chi connectivity index (χ4n) is 8.79. The molecule has 9 atom stereocenters. The van der Waals surface area contributed by atoms with Crippen LogP contribution >= 0.6 is 0 Å². The van der Waals surface area contributed by atoms with Crippen LogP contribution in [0.4, 0.5) is 10.1 Å². The number of esters is 1. The number of amides is 1. The van der Waals surface area contributed by atoms with Crippen LogP contribution < -0.4 is 25.5 Å². The Labute approximate surface area is 398 Å². The van der Waals surface area contributed by atoms with Gasteiger partial charge in [0.2, 0.25) is 0 Å². The van der Waals surface area contributed by atoms with Gasteiger partial charge in [0.25, 0.3) is 11.7 Å². The summed E-state index contributed by atoms with van der Waals surface area (Å²) in [6, 6.07) is 1.22. The molecule has 1 fully saturated rings. The minimum atomic E-state index is -3.55. The van der Waals surface area contributed by atoms with Gasteiger partial charge in [0.1, 0.15) is 40.9 Å². The average Bonchev–Trinajstić information content (AvgIpc) is 4.12. The number of aromatic nitrogens is 1. The van der Waals surface area contributed by atoms with Crippen LogP contribution in [0.15, 0.2) is 63.6 Å². The molecule has 4 bridgehead atoms. The maximum Gasteiger partial charge on any atom is 0.476 e. The lowest BCUT2D eigenvalue weighted by atomic mass is 9.78. The molecular formula is C50H61FN4O14. The Morgan fingerprint density at radius 2 is 1.74 bits per heavy atom. The standard InChI is InChI=1S/C50H61FN4O14/c1-25-10-9-11-26(2)49(62)54-40-44(60)37-36(39-47(40)68-35-24-32(12-13-33(35)53-39)65-22-16-52-15-21-64-23-19-55-17-18-55)38-46(30(6)43(37)59)69-50(51,48(38)61)66-20-14-34(63-8)27(3)45(67-31(7)56)29(5)42(58)28(4)41(25)57/h9-14,20,24-25,27-29,34,41-42,45,52,57-58,60H,15-19,21-23H2,1-8H3,(H,54,62)/b10-9+,20-14+,26-11-/t25-,27+,28+,29+,34-,41-,42+,45+,50+/m0/s1. The first-order valence-electron chi connectivity index (χ1n) is 23.1. The molecule has 372 valence electrons. The maximum absolute atomic E-state index is 17.0. The summed E-state index contributed by atoms with van der Waals surface area (Å²) >= 11 is 0. The third kappa shape index (κ3) is 10.8. The number of phenols is 1. The summed E-state index contributed by atoms with van der Waals surface area (Å²) < 4.78 is 57.4. The van der Waals surface area contributed by atoms with Crippen molar-refractivity contribution in [1.82, 2.24) is 15.2 Å². The molecule has 0 spiro atoms. The molecular weight excluding hydrogens is 900 g/mol. The topological polar surface area (TPSA) is 237 Å². The summed E-state index contributed by atoms with van der Waals surface area (Å²) in [6.07, 6.45) is 2.50. The second-order valence-corrected chi connectivity index (χ2v) is 18.0. The number of halogens is 1. The number of methoxy groups -OCH3 is 1. The number of ether oxygens (including phenoxy) is 6. The molecule has 1 aromatic heterocycles. The lowest BCUT2D eigenvalue weighted by molar-refractivity contribution is -0.192. The summed E-state index contributed by atoms with van der Waals surface area (Å²) in [5.41, 5.74) is -1.97. The molecule has 3 aliphatic rings. The third-order valence-electron chi connectivity index (χ3n) is 13.1. The van der Waals surface area contributed by atoms with Gasteiger partial charge in [-0.2, -0.15) is 0 Å². The predicted octanol–water partition coefficient (Wildman–Crippen LogP) is 5.21. The van der Waals surface area contributed by atoms with Crippen molar-refractivity contribution < 1.29 is 66.9 Å². The van der Waals surface area contributed by atoms with Gasteiger partial charge in [-0.25, -0.2) is 4.98 Å². The number of rotatable bonds is 12. The van der Waals surface area contributed by atoms with Crippen molar-refractivity contribution >= 4 is 56.3 Å². The molecule has 0 saturated carbocycles. The lowest BCUT2D eigenvalue weighted by Crippen LogP contribution is -2.46. The summed E-state index contributed by atoms with van der Waals surface area (Å²) in [6.45, 7) is 16.5. The van der Waals surface area contributed by atoms with Crippen molar-refractivity contribution in [3.05, 3.63) is 75.7 Å². The highest BCUT2D eigenvalue weighted by molar-refractivity contribution is 6.26. The molecule has 4 heterocycles. The van der Waals surface area contributed by atoms with E-state index in [0.29, 0.717) is 32.1 Å². The van der Waals surface area contributed by atoms with E-state index >= 15 is 4.39 Å². The van der Waals surface area contributed by atoms with E-state index in [4.69, 9.17) is 37.8 Å². The number of anilines is 1. The number of fused-ring (bicyclic) bond motifs is 2. The Bertz CT molecular complexity index is 2750. The Kier molecular flexibility index (Phi) is 15.8. The van der Waals surface area contributed by atoms with Crippen LogP contribution in [0, 0.1) is 30.6 Å². The number of aromatic hydroxyl groups is 1. The van der Waals surface area contributed by atoms with E-state index in [1.54, 1.807) is 58.0 Å². The molecule has 4 aromatic rings. The van der Waals surface area contributed by atoms with Gasteiger partial charge in [-0.3, -0.25) is 24.1 Å². The van der Waals surface area contributed by atoms with Crippen molar-refractivity contribution in [3.63, 3.8) is 0 Å². The van der Waals surface area contributed by atoms with Gasteiger partial charge in [0.05, 0.1) is 48.7 Å². The van der Waals surface area contributed by atoms with Crippen LogP contribution in [0.1, 0.15) is 57.5 Å². The van der Waals surface area contributed by atoms with E-state index < -0.39 is 99.7 Å². The maximum atomic E-state index is 17.0. The van der Waals surface area contributed by atoms with Crippen molar-refractivity contribution in [2.24, 2.45) is 23.7 Å². The first-order chi connectivity index (χ1) is 32.9. The number of carbonyl (C=O) groups excluding carboxylic acids is 3. The molecule has 0 radical (unpaired) electrons. The van der Waals surface area contributed by atoms with Gasteiger partial charge in [-0.15, -0.1) is 4.39 Å². The minimum Gasteiger partial charge on any atom is -0.505 e. The summed E-state index contributed by atoms with van der Waals surface area (Å²) in [4.78, 5) is 62.0. The molecule has 1 amide bonds. The van der Waals surface area contributed by atoms with Crippen molar-refractivity contribution in [2.45, 2.75) is 78.9 Å². The monoisotopic (exact) mass is 960 g/mol. The summed E-state index contributed by atoms with van der Waals surface area (Å²) in [5.74, 6) is -6.43. The number of nitrogens with zero attached hydrogens (tertiary/aromatic N) is 2. The van der Waals surface area contributed by atoms with Gasteiger partial charge < -0.3 is 58.8 Å². The number of hydrogen-bond acceptors (Lipinski definition) is 17. The van der Waals surface area contributed by atoms with Gasteiger partial charge in [-0.05, 0) is 32.1 Å². The number of ketones is 1. The number of aliphatic hydroxyl groups excluding tert-OH is 2. The van der Waals surface area contributed by atoms with Gasteiger partial charge in [-0.1, -0.05) is 45.9 Å². The highest BCUT2D eigenvalue weighted by Gasteiger charge is 2.54.